The van der Waals surface area contributed by atoms with Gasteiger partial charge in [0, 0.05) is 24.7 Å². The number of halogens is 1. The summed E-state index contributed by atoms with van der Waals surface area (Å²) < 4.78 is 13.0. The molecule has 1 aromatic carbocycles. The maximum atomic E-state index is 13.0. The summed E-state index contributed by atoms with van der Waals surface area (Å²) in [6.07, 6.45) is 2.44. The van der Waals surface area contributed by atoms with Crippen molar-refractivity contribution in [3.63, 3.8) is 0 Å². The van der Waals surface area contributed by atoms with Gasteiger partial charge in [-0.2, -0.15) is 0 Å². The van der Waals surface area contributed by atoms with Gasteiger partial charge in [-0.3, -0.25) is 10.1 Å². The second-order valence-corrected chi connectivity index (χ2v) is 6.59. The van der Waals surface area contributed by atoms with Crippen molar-refractivity contribution in [3.05, 3.63) is 35.6 Å². The minimum Gasteiger partial charge on any atom is -0.337 e. The van der Waals surface area contributed by atoms with E-state index in [2.05, 4.69) is 5.32 Å². The highest BCUT2D eigenvalue weighted by Crippen LogP contribution is 2.30. The van der Waals surface area contributed by atoms with E-state index in [4.69, 9.17) is 0 Å². The quantitative estimate of drug-likeness (QED) is 0.904. The Bertz CT molecular complexity index is 469. The Morgan fingerprint density at radius 1 is 1.35 bits per heavy atom. The molecule has 5 heteroatoms. The first-order valence-corrected chi connectivity index (χ1v) is 8.22. The molecule has 1 aliphatic carbocycles. The van der Waals surface area contributed by atoms with Crippen molar-refractivity contribution in [1.29, 1.82) is 0 Å². The molecule has 2 aliphatic rings. The average Bonchev–Trinajstić information content (AvgIpc) is 3.10. The van der Waals surface area contributed by atoms with Gasteiger partial charge in [0.2, 0.25) is 5.91 Å². The number of nitrogens with zero attached hydrogens (tertiary/aromatic N) is 1. The molecule has 1 saturated carbocycles. The second-order valence-electron chi connectivity index (χ2n) is 5.56. The Kier molecular flexibility index (Phi) is 4.27. The second kappa shape index (κ2) is 6.14. The SMILES string of the molecule is O=C(C1CSCN1)N(Cc1ccc(F)cc1)CC1CC1. The molecule has 20 heavy (non-hydrogen) atoms. The van der Waals surface area contributed by atoms with E-state index in [1.807, 2.05) is 4.90 Å². The van der Waals surface area contributed by atoms with E-state index in [9.17, 15) is 9.18 Å². The Balaban J connectivity index is 1.67. The maximum absolute atomic E-state index is 13.0. The molecule has 3 nitrogen and oxygen atoms in total. The van der Waals surface area contributed by atoms with E-state index >= 15 is 0 Å². The maximum Gasteiger partial charge on any atom is 0.240 e. The van der Waals surface area contributed by atoms with Crippen LogP contribution in [0, 0.1) is 11.7 Å². The summed E-state index contributed by atoms with van der Waals surface area (Å²) in [5.41, 5.74) is 0.992. The zero-order valence-electron chi connectivity index (χ0n) is 11.3. The van der Waals surface area contributed by atoms with Gasteiger partial charge in [-0.1, -0.05) is 12.1 Å². The van der Waals surface area contributed by atoms with Crippen LogP contribution in [0.2, 0.25) is 0 Å². The van der Waals surface area contributed by atoms with Crippen LogP contribution in [0.25, 0.3) is 0 Å². The fourth-order valence-electron chi connectivity index (χ4n) is 2.43. The third kappa shape index (κ3) is 3.52. The van der Waals surface area contributed by atoms with E-state index < -0.39 is 0 Å². The molecule has 2 fully saturated rings. The summed E-state index contributed by atoms with van der Waals surface area (Å²) in [6, 6.07) is 6.38. The van der Waals surface area contributed by atoms with Crippen molar-refractivity contribution in [1.82, 2.24) is 10.2 Å². The summed E-state index contributed by atoms with van der Waals surface area (Å²) >= 11 is 1.76. The largest absolute Gasteiger partial charge is 0.337 e. The highest BCUT2D eigenvalue weighted by molar-refractivity contribution is 7.99. The predicted molar refractivity (Wildman–Crippen MR) is 78.8 cm³/mol. The molecular formula is C15H19FN2OS. The standard InChI is InChI=1S/C15H19FN2OS/c16-13-5-3-12(4-6-13)8-18(7-11-1-2-11)15(19)14-9-20-10-17-14/h3-6,11,14,17H,1-2,7-10H2. The Labute approximate surface area is 122 Å². The molecule has 108 valence electrons. The lowest BCUT2D eigenvalue weighted by Crippen LogP contribution is -2.45. The number of nitrogens with one attached hydrogen (secondary N) is 1. The van der Waals surface area contributed by atoms with Gasteiger partial charge in [0.05, 0.1) is 6.04 Å². The normalized spacial score (nSPS) is 21.9. The Morgan fingerprint density at radius 3 is 2.70 bits per heavy atom. The molecule has 3 rings (SSSR count). The van der Waals surface area contributed by atoms with Crippen LogP contribution < -0.4 is 5.32 Å². The summed E-state index contributed by atoms with van der Waals surface area (Å²) in [5.74, 6) is 2.32. The summed E-state index contributed by atoms with van der Waals surface area (Å²) in [6.45, 7) is 1.41. The van der Waals surface area contributed by atoms with E-state index in [0.717, 1.165) is 23.7 Å². The molecule has 0 spiro atoms. The summed E-state index contributed by atoms with van der Waals surface area (Å²) in [4.78, 5) is 14.5. The number of carbonyl (C=O) groups excluding carboxylic acids is 1. The monoisotopic (exact) mass is 294 g/mol. The van der Waals surface area contributed by atoms with Gasteiger partial charge in [-0.15, -0.1) is 11.8 Å². The smallest absolute Gasteiger partial charge is 0.240 e. The minimum absolute atomic E-state index is 0.0563. The van der Waals surface area contributed by atoms with Crippen molar-refractivity contribution >= 4 is 17.7 Å². The van der Waals surface area contributed by atoms with Gasteiger partial charge >= 0.3 is 0 Å². The molecule has 1 heterocycles. The van der Waals surface area contributed by atoms with Crippen LogP contribution in [0.4, 0.5) is 4.39 Å². The minimum atomic E-state index is -0.234. The van der Waals surface area contributed by atoms with E-state index in [1.54, 1.807) is 23.9 Å². The molecule has 1 saturated heterocycles. The number of hydrogen-bond acceptors (Lipinski definition) is 3. The fraction of sp³-hybridized carbons (Fsp3) is 0.533. The first kappa shape index (κ1) is 13.9. The molecule has 0 bridgehead atoms. The molecule has 1 aliphatic heterocycles. The van der Waals surface area contributed by atoms with Crippen LogP contribution in [0.5, 0.6) is 0 Å². The first-order valence-electron chi connectivity index (χ1n) is 7.07. The lowest BCUT2D eigenvalue weighted by Gasteiger charge is -2.25. The van der Waals surface area contributed by atoms with Crippen LogP contribution in [-0.2, 0) is 11.3 Å². The highest BCUT2D eigenvalue weighted by atomic mass is 32.2. The molecule has 1 amide bonds. The zero-order chi connectivity index (χ0) is 13.9. The third-order valence-electron chi connectivity index (χ3n) is 3.79. The van der Waals surface area contributed by atoms with Crippen molar-refractivity contribution in [2.45, 2.75) is 25.4 Å². The summed E-state index contributed by atoms with van der Waals surface area (Å²) in [5, 5.41) is 3.24. The zero-order valence-corrected chi connectivity index (χ0v) is 12.2. The van der Waals surface area contributed by atoms with Crippen molar-refractivity contribution in [2.24, 2.45) is 5.92 Å². The van der Waals surface area contributed by atoms with Crippen molar-refractivity contribution in [2.75, 3.05) is 18.2 Å². The number of rotatable bonds is 5. The molecule has 0 aromatic heterocycles. The first-order chi connectivity index (χ1) is 9.72. The van der Waals surface area contributed by atoms with Crippen LogP contribution in [0.15, 0.2) is 24.3 Å². The van der Waals surface area contributed by atoms with Gasteiger partial charge in [0.1, 0.15) is 5.82 Å². The lowest BCUT2D eigenvalue weighted by atomic mass is 10.1. The van der Waals surface area contributed by atoms with Gasteiger partial charge in [-0.05, 0) is 36.5 Å². The summed E-state index contributed by atoms with van der Waals surface area (Å²) in [7, 11) is 0. The Hall–Kier alpha value is -1.07. The number of thioether (sulfide) groups is 1. The third-order valence-corrected chi connectivity index (χ3v) is 4.73. The highest BCUT2D eigenvalue weighted by Gasteiger charge is 2.31. The van der Waals surface area contributed by atoms with Crippen LogP contribution in [0.1, 0.15) is 18.4 Å². The van der Waals surface area contributed by atoms with Crippen molar-refractivity contribution < 1.29 is 9.18 Å². The van der Waals surface area contributed by atoms with Gasteiger partial charge in [0.15, 0.2) is 0 Å². The average molecular weight is 294 g/mol. The van der Waals surface area contributed by atoms with Gasteiger partial charge in [0.25, 0.3) is 0 Å². The molecule has 0 radical (unpaired) electrons. The molecular weight excluding hydrogens is 275 g/mol. The molecule has 1 unspecified atom stereocenters. The lowest BCUT2D eigenvalue weighted by molar-refractivity contribution is -0.133. The topological polar surface area (TPSA) is 32.3 Å². The predicted octanol–water partition coefficient (Wildman–Crippen LogP) is 2.23. The van der Waals surface area contributed by atoms with Crippen LogP contribution in [0.3, 0.4) is 0 Å². The van der Waals surface area contributed by atoms with E-state index in [-0.39, 0.29) is 17.8 Å². The molecule has 1 atom stereocenters. The molecule has 1 aromatic rings. The van der Waals surface area contributed by atoms with E-state index in [1.165, 1.54) is 25.0 Å². The van der Waals surface area contributed by atoms with Crippen molar-refractivity contribution in [3.8, 4) is 0 Å². The van der Waals surface area contributed by atoms with E-state index in [0.29, 0.717) is 12.5 Å². The number of benzene rings is 1. The Morgan fingerprint density at radius 2 is 2.10 bits per heavy atom. The van der Waals surface area contributed by atoms with Gasteiger partial charge in [-0.25, -0.2) is 4.39 Å². The van der Waals surface area contributed by atoms with Gasteiger partial charge < -0.3 is 4.90 Å². The molecule has 1 N–H and O–H groups in total. The number of hydrogen-bond donors (Lipinski definition) is 1. The van der Waals surface area contributed by atoms with Crippen LogP contribution in [-0.4, -0.2) is 35.0 Å². The van der Waals surface area contributed by atoms with Crippen LogP contribution >= 0.6 is 11.8 Å². The number of amides is 1. The fourth-order valence-corrected chi connectivity index (χ4v) is 3.36. The number of carbonyl (C=O) groups is 1.